The summed E-state index contributed by atoms with van der Waals surface area (Å²) in [5.41, 5.74) is 3.71. The molecule has 1 N–H and O–H groups in total. The quantitative estimate of drug-likeness (QED) is 0.355. The summed E-state index contributed by atoms with van der Waals surface area (Å²) in [5.74, 6) is -0.0520. The van der Waals surface area contributed by atoms with Gasteiger partial charge in [0, 0.05) is 5.92 Å². The lowest BCUT2D eigenvalue weighted by molar-refractivity contribution is -0.125. The Morgan fingerprint density at radius 2 is 1.74 bits per heavy atom. The van der Waals surface area contributed by atoms with Gasteiger partial charge in [-0.05, 0) is 54.8 Å². The Morgan fingerprint density at radius 1 is 1.04 bits per heavy atom. The molecule has 27 heavy (non-hydrogen) atoms. The molecule has 1 fully saturated rings. The zero-order valence-corrected chi connectivity index (χ0v) is 15.6. The number of amides is 1. The summed E-state index contributed by atoms with van der Waals surface area (Å²) >= 11 is 6.00. The number of hydrogen-bond donors (Lipinski definition) is 1. The molecule has 1 amide bonds. The average Bonchev–Trinajstić information content (AvgIpc) is 2.70. The fraction of sp³-hybridized carbons (Fsp3) is 0.286. The van der Waals surface area contributed by atoms with Crippen LogP contribution in [-0.4, -0.2) is 18.1 Å². The summed E-state index contributed by atoms with van der Waals surface area (Å²) in [6.45, 7) is 0. The first-order valence-electron chi connectivity index (χ1n) is 9.03. The molecule has 0 radical (unpaired) electrons. The van der Waals surface area contributed by atoms with Crippen molar-refractivity contribution < 1.29 is 14.3 Å². The predicted octanol–water partition coefficient (Wildman–Crippen LogP) is 4.59. The van der Waals surface area contributed by atoms with Crippen molar-refractivity contribution in [2.45, 2.75) is 32.1 Å². The van der Waals surface area contributed by atoms with Gasteiger partial charge in [-0.3, -0.25) is 4.79 Å². The second-order valence-electron chi connectivity index (χ2n) is 6.51. The van der Waals surface area contributed by atoms with E-state index in [9.17, 15) is 9.59 Å². The third-order valence-corrected chi connectivity index (χ3v) is 4.88. The number of ether oxygens (including phenoxy) is 1. The first kappa shape index (κ1) is 19.1. The monoisotopic (exact) mass is 384 g/mol. The minimum Gasteiger partial charge on any atom is -0.423 e. The summed E-state index contributed by atoms with van der Waals surface area (Å²) in [6.07, 6.45) is 6.87. The first-order chi connectivity index (χ1) is 13.1. The van der Waals surface area contributed by atoms with E-state index in [0.29, 0.717) is 16.3 Å². The van der Waals surface area contributed by atoms with E-state index in [4.69, 9.17) is 16.3 Å². The van der Waals surface area contributed by atoms with Crippen LogP contribution in [0.25, 0.3) is 0 Å². The van der Waals surface area contributed by atoms with Crippen molar-refractivity contribution in [1.82, 2.24) is 5.43 Å². The van der Waals surface area contributed by atoms with E-state index in [2.05, 4.69) is 10.5 Å². The highest BCUT2D eigenvalue weighted by Gasteiger charge is 2.20. The van der Waals surface area contributed by atoms with Crippen LogP contribution in [0.1, 0.15) is 48.0 Å². The Labute approximate surface area is 163 Å². The molecule has 0 aliphatic heterocycles. The Morgan fingerprint density at radius 3 is 2.44 bits per heavy atom. The van der Waals surface area contributed by atoms with Crippen LogP contribution >= 0.6 is 11.6 Å². The van der Waals surface area contributed by atoms with E-state index >= 15 is 0 Å². The average molecular weight is 385 g/mol. The molecule has 0 atom stereocenters. The normalized spacial score (nSPS) is 14.9. The molecule has 2 aromatic rings. The number of rotatable bonds is 5. The van der Waals surface area contributed by atoms with Crippen molar-refractivity contribution in [3.05, 3.63) is 64.7 Å². The van der Waals surface area contributed by atoms with Crippen molar-refractivity contribution in [3.63, 3.8) is 0 Å². The van der Waals surface area contributed by atoms with Gasteiger partial charge in [0.2, 0.25) is 5.91 Å². The van der Waals surface area contributed by atoms with Gasteiger partial charge in [0.05, 0.1) is 16.8 Å². The van der Waals surface area contributed by atoms with Gasteiger partial charge in [-0.2, -0.15) is 5.10 Å². The van der Waals surface area contributed by atoms with Gasteiger partial charge in [-0.25, -0.2) is 10.2 Å². The summed E-state index contributed by atoms with van der Waals surface area (Å²) in [5, 5.41) is 4.36. The van der Waals surface area contributed by atoms with Crippen molar-refractivity contribution >= 4 is 29.7 Å². The number of nitrogens with one attached hydrogen (secondary N) is 1. The number of hydrazone groups is 1. The first-order valence-corrected chi connectivity index (χ1v) is 9.41. The van der Waals surface area contributed by atoms with Crippen molar-refractivity contribution in [2.24, 2.45) is 11.0 Å². The molecule has 6 heteroatoms. The van der Waals surface area contributed by atoms with Gasteiger partial charge in [0.15, 0.2) is 0 Å². The maximum Gasteiger partial charge on any atom is 0.345 e. The molecule has 2 aromatic carbocycles. The molecule has 0 spiro atoms. The van der Waals surface area contributed by atoms with E-state index < -0.39 is 5.97 Å². The Balaban J connectivity index is 1.53. The standard InChI is InChI=1S/C21H21ClN2O3/c22-19-9-5-4-8-18(19)21(26)27-17-12-10-15(11-13-17)14-23-24-20(25)16-6-2-1-3-7-16/h4-5,8-14,16H,1-3,6-7H2,(H,24,25)/b23-14-. The predicted molar refractivity (Wildman–Crippen MR) is 105 cm³/mol. The summed E-state index contributed by atoms with van der Waals surface area (Å²) in [4.78, 5) is 24.2. The molecule has 1 saturated carbocycles. The smallest absolute Gasteiger partial charge is 0.345 e. The number of carbonyl (C=O) groups is 2. The van der Waals surface area contributed by atoms with Crippen LogP contribution in [0.4, 0.5) is 0 Å². The van der Waals surface area contributed by atoms with Crippen LogP contribution < -0.4 is 10.2 Å². The summed E-state index contributed by atoms with van der Waals surface area (Å²) in [7, 11) is 0. The zero-order chi connectivity index (χ0) is 19.1. The van der Waals surface area contributed by atoms with Crippen molar-refractivity contribution in [2.75, 3.05) is 0 Å². The van der Waals surface area contributed by atoms with Crippen LogP contribution in [0, 0.1) is 5.92 Å². The van der Waals surface area contributed by atoms with E-state index in [-0.39, 0.29) is 11.8 Å². The van der Waals surface area contributed by atoms with Gasteiger partial charge in [0.1, 0.15) is 5.75 Å². The van der Waals surface area contributed by atoms with Gasteiger partial charge < -0.3 is 4.74 Å². The molecule has 1 aliphatic rings. The molecule has 0 bridgehead atoms. The molecule has 0 saturated heterocycles. The SMILES string of the molecule is O=C(Oc1ccc(/C=N\NC(=O)C2CCCCC2)cc1)c1ccccc1Cl. The van der Waals surface area contributed by atoms with Crippen molar-refractivity contribution in [3.8, 4) is 5.75 Å². The molecule has 0 heterocycles. The number of esters is 1. The van der Waals surface area contributed by atoms with Gasteiger partial charge in [-0.15, -0.1) is 0 Å². The third kappa shape index (κ3) is 5.41. The Bertz CT molecular complexity index is 828. The van der Waals surface area contributed by atoms with E-state index in [0.717, 1.165) is 31.2 Å². The topological polar surface area (TPSA) is 67.8 Å². The summed E-state index contributed by atoms with van der Waals surface area (Å²) in [6, 6.07) is 13.6. The lowest BCUT2D eigenvalue weighted by Crippen LogP contribution is -2.28. The van der Waals surface area contributed by atoms with Crippen LogP contribution in [0.3, 0.4) is 0 Å². The highest BCUT2D eigenvalue weighted by molar-refractivity contribution is 6.33. The molecule has 0 aromatic heterocycles. The Hall–Kier alpha value is -2.66. The van der Waals surface area contributed by atoms with Crippen LogP contribution in [0.5, 0.6) is 5.75 Å². The number of nitrogens with zero attached hydrogens (tertiary/aromatic N) is 1. The van der Waals surface area contributed by atoms with Gasteiger partial charge in [0.25, 0.3) is 0 Å². The highest BCUT2D eigenvalue weighted by atomic mass is 35.5. The largest absolute Gasteiger partial charge is 0.423 e. The zero-order valence-electron chi connectivity index (χ0n) is 14.9. The van der Waals surface area contributed by atoms with Crippen LogP contribution in [0.2, 0.25) is 5.02 Å². The lowest BCUT2D eigenvalue weighted by atomic mass is 9.89. The highest BCUT2D eigenvalue weighted by Crippen LogP contribution is 2.23. The van der Waals surface area contributed by atoms with Gasteiger partial charge in [-0.1, -0.05) is 43.0 Å². The van der Waals surface area contributed by atoms with Crippen LogP contribution in [0.15, 0.2) is 53.6 Å². The number of carbonyl (C=O) groups excluding carboxylic acids is 2. The maximum atomic E-state index is 12.1. The van der Waals surface area contributed by atoms with E-state index in [1.807, 2.05) is 0 Å². The molecule has 0 unspecified atom stereocenters. The fourth-order valence-corrected chi connectivity index (χ4v) is 3.25. The fourth-order valence-electron chi connectivity index (χ4n) is 3.04. The van der Waals surface area contributed by atoms with E-state index in [1.165, 1.54) is 6.42 Å². The number of benzene rings is 2. The third-order valence-electron chi connectivity index (χ3n) is 4.55. The summed E-state index contributed by atoms with van der Waals surface area (Å²) < 4.78 is 5.32. The second kappa shape index (κ2) is 9.33. The van der Waals surface area contributed by atoms with Crippen molar-refractivity contribution in [1.29, 1.82) is 0 Å². The molecule has 1 aliphatic carbocycles. The second-order valence-corrected chi connectivity index (χ2v) is 6.91. The molecular weight excluding hydrogens is 364 g/mol. The maximum absolute atomic E-state index is 12.1. The van der Waals surface area contributed by atoms with E-state index in [1.54, 1.807) is 54.7 Å². The molecular formula is C21H21ClN2O3. The van der Waals surface area contributed by atoms with Gasteiger partial charge >= 0.3 is 5.97 Å². The molecule has 140 valence electrons. The number of hydrogen-bond acceptors (Lipinski definition) is 4. The minimum atomic E-state index is -0.512. The molecule has 3 rings (SSSR count). The Kier molecular flexibility index (Phi) is 6.60. The van der Waals surface area contributed by atoms with Crippen LogP contribution in [-0.2, 0) is 4.79 Å². The molecule has 5 nitrogen and oxygen atoms in total. The minimum absolute atomic E-state index is 0.0174. The lowest BCUT2D eigenvalue weighted by Gasteiger charge is -2.19. The number of halogens is 1.